The van der Waals surface area contributed by atoms with Crippen molar-refractivity contribution in [2.75, 3.05) is 19.6 Å². The number of carbonyl (C=O) groups excluding carboxylic acids is 2. The Bertz CT molecular complexity index is 864. The second-order valence-corrected chi connectivity index (χ2v) is 8.78. The van der Waals surface area contributed by atoms with E-state index in [1.165, 1.54) is 5.56 Å². The Hall–Kier alpha value is -2.37. The number of nitrogens with one attached hydrogen (secondary N) is 1. The predicted molar refractivity (Wildman–Crippen MR) is 118 cm³/mol. The number of rotatable bonds is 6. The maximum absolute atomic E-state index is 12.8. The molecule has 2 fully saturated rings. The monoisotopic (exact) mass is 425 g/mol. The maximum Gasteiger partial charge on any atom is 0.225 e. The quantitative estimate of drug-likeness (QED) is 0.771. The molecule has 0 unspecified atom stereocenters. The summed E-state index contributed by atoms with van der Waals surface area (Å²) < 4.78 is 0. The van der Waals surface area contributed by atoms with Crippen LogP contribution in [0.2, 0.25) is 5.02 Å². The maximum atomic E-state index is 12.8. The van der Waals surface area contributed by atoms with E-state index in [0.717, 1.165) is 38.0 Å². The Kier molecular flexibility index (Phi) is 6.70. The van der Waals surface area contributed by atoms with E-state index >= 15 is 0 Å². The molecule has 1 N–H and O–H groups in total. The number of piperidine rings is 1. The molecule has 2 aromatic carbocycles. The number of hydrogen-bond acceptors (Lipinski definition) is 3. The molecule has 4 rings (SSSR count). The van der Waals surface area contributed by atoms with Gasteiger partial charge in [-0.1, -0.05) is 54.1 Å². The molecule has 0 saturated carbocycles. The van der Waals surface area contributed by atoms with E-state index in [1.54, 1.807) is 4.90 Å². The van der Waals surface area contributed by atoms with Gasteiger partial charge in [0.15, 0.2) is 0 Å². The van der Waals surface area contributed by atoms with Crippen molar-refractivity contribution >= 4 is 23.4 Å². The first kappa shape index (κ1) is 20.9. The van der Waals surface area contributed by atoms with Gasteiger partial charge in [0.05, 0.1) is 5.92 Å². The standard InChI is InChI=1S/C24H28ClN3O2/c25-21-8-6-19(7-9-21)16-28-17-20(14-23(28)29)24(30)26-22-10-12-27(13-11-22)15-18-4-2-1-3-5-18/h1-9,20,22H,10-17H2,(H,26,30)/t20-/m0/s1. The molecule has 2 amide bonds. The molecule has 6 heteroatoms. The lowest BCUT2D eigenvalue weighted by molar-refractivity contribution is -0.129. The van der Waals surface area contributed by atoms with E-state index < -0.39 is 0 Å². The van der Waals surface area contributed by atoms with Gasteiger partial charge in [-0.15, -0.1) is 0 Å². The van der Waals surface area contributed by atoms with E-state index in [0.29, 0.717) is 24.5 Å². The summed E-state index contributed by atoms with van der Waals surface area (Å²) in [7, 11) is 0. The molecule has 0 radical (unpaired) electrons. The van der Waals surface area contributed by atoms with E-state index in [1.807, 2.05) is 30.3 Å². The molecule has 30 heavy (non-hydrogen) atoms. The number of halogens is 1. The van der Waals surface area contributed by atoms with Gasteiger partial charge in [-0.25, -0.2) is 0 Å². The van der Waals surface area contributed by atoms with Gasteiger partial charge in [-0.3, -0.25) is 14.5 Å². The first-order valence-corrected chi connectivity index (χ1v) is 11.0. The summed E-state index contributed by atoms with van der Waals surface area (Å²) in [6.45, 7) is 3.92. The summed E-state index contributed by atoms with van der Waals surface area (Å²) >= 11 is 5.93. The van der Waals surface area contributed by atoms with E-state index in [4.69, 9.17) is 11.6 Å². The zero-order valence-electron chi connectivity index (χ0n) is 17.1. The van der Waals surface area contributed by atoms with E-state index in [9.17, 15) is 9.59 Å². The van der Waals surface area contributed by atoms with Crippen molar-refractivity contribution in [2.45, 2.75) is 38.4 Å². The number of likely N-dealkylation sites (tertiary alicyclic amines) is 2. The summed E-state index contributed by atoms with van der Waals surface area (Å²) in [6, 6.07) is 18.2. The second-order valence-electron chi connectivity index (χ2n) is 8.35. The van der Waals surface area contributed by atoms with Gasteiger partial charge in [-0.05, 0) is 36.1 Å². The summed E-state index contributed by atoms with van der Waals surface area (Å²) in [5.74, 6) is -0.196. The molecule has 0 bridgehead atoms. The van der Waals surface area contributed by atoms with Crippen molar-refractivity contribution < 1.29 is 9.59 Å². The zero-order valence-corrected chi connectivity index (χ0v) is 17.9. The molecule has 158 valence electrons. The Morgan fingerprint density at radius 2 is 1.63 bits per heavy atom. The Balaban J connectivity index is 1.22. The average molecular weight is 426 g/mol. The number of benzene rings is 2. The highest BCUT2D eigenvalue weighted by Crippen LogP contribution is 2.22. The zero-order chi connectivity index (χ0) is 20.9. The van der Waals surface area contributed by atoms with Crippen LogP contribution in [0.5, 0.6) is 0 Å². The van der Waals surface area contributed by atoms with E-state index in [2.05, 4.69) is 34.5 Å². The van der Waals surface area contributed by atoms with Gasteiger partial charge in [0.2, 0.25) is 11.8 Å². The molecule has 0 spiro atoms. The summed E-state index contributed by atoms with van der Waals surface area (Å²) in [6.07, 6.45) is 2.20. The first-order valence-electron chi connectivity index (χ1n) is 10.7. The molecule has 2 aliphatic rings. The first-order chi connectivity index (χ1) is 14.6. The Morgan fingerprint density at radius 1 is 0.967 bits per heavy atom. The van der Waals surface area contributed by atoms with Gasteiger partial charge in [0, 0.05) is 50.2 Å². The predicted octanol–water partition coefficient (Wildman–Crippen LogP) is 3.47. The molecule has 1 atom stereocenters. The molecule has 2 saturated heterocycles. The topological polar surface area (TPSA) is 52.7 Å². The van der Waals surface area contributed by atoms with Crippen molar-refractivity contribution in [3.8, 4) is 0 Å². The number of nitrogens with zero attached hydrogens (tertiary/aromatic N) is 2. The Labute approximate surface area is 183 Å². The minimum Gasteiger partial charge on any atom is -0.353 e. The molecular weight excluding hydrogens is 398 g/mol. The molecule has 2 aromatic rings. The van der Waals surface area contributed by atoms with Crippen LogP contribution in [-0.2, 0) is 22.7 Å². The van der Waals surface area contributed by atoms with Gasteiger partial charge in [-0.2, -0.15) is 0 Å². The lowest BCUT2D eigenvalue weighted by Gasteiger charge is -2.32. The number of hydrogen-bond donors (Lipinski definition) is 1. The molecule has 2 heterocycles. The van der Waals surface area contributed by atoms with Crippen LogP contribution in [0, 0.1) is 5.92 Å². The van der Waals surface area contributed by atoms with Crippen molar-refractivity contribution in [1.82, 2.24) is 15.1 Å². The van der Waals surface area contributed by atoms with Gasteiger partial charge in [0.25, 0.3) is 0 Å². The normalized spacial score (nSPS) is 20.5. The third-order valence-corrected chi connectivity index (χ3v) is 6.31. The summed E-state index contributed by atoms with van der Waals surface area (Å²) in [4.78, 5) is 29.3. The van der Waals surface area contributed by atoms with Crippen LogP contribution in [0.25, 0.3) is 0 Å². The van der Waals surface area contributed by atoms with Gasteiger partial charge >= 0.3 is 0 Å². The van der Waals surface area contributed by atoms with Crippen molar-refractivity contribution in [1.29, 1.82) is 0 Å². The molecule has 5 nitrogen and oxygen atoms in total. The fourth-order valence-corrected chi connectivity index (χ4v) is 4.43. The lowest BCUT2D eigenvalue weighted by Crippen LogP contribution is -2.46. The SMILES string of the molecule is O=C(NC1CCN(Cc2ccccc2)CC1)[C@H]1CC(=O)N(Cc2ccc(Cl)cc2)C1. The molecule has 0 aliphatic carbocycles. The summed E-state index contributed by atoms with van der Waals surface area (Å²) in [5, 5.41) is 3.87. The third-order valence-electron chi connectivity index (χ3n) is 6.05. The largest absolute Gasteiger partial charge is 0.353 e. The smallest absolute Gasteiger partial charge is 0.225 e. The van der Waals surface area contributed by atoms with Crippen LogP contribution in [0.3, 0.4) is 0 Å². The summed E-state index contributed by atoms with van der Waals surface area (Å²) in [5.41, 5.74) is 2.35. The third kappa shape index (κ3) is 5.41. The number of amides is 2. The highest BCUT2D eigenvalue weighted by molar-refractivity contribution is 6.30. The van der Waals surface area contributed by atoms with Crippen molar-refractivity contribution in [3.05, 3.63) is 70.7 Å². The van der Waals surface area contributed by atoms with Crippen molar-refractivity contribution in [3.63, 3.8) is 0 Å². The fraction of sp³-hybridized carbons (Fsp3) is 0.417. The minimum atomic E-state index is -0.257. The molecule has 0 aromatic heterocycles. The van der Waals surface area contributed by atoms with Crippen LogP contribution < -0.4 is 5.32 Å². The average Bonchev–Trinajstić information content (AvgIpc) is 3.12. The lowest BCUT2D eigenvalue weighted by atomic mass is 10.0. The van der Waals surface area contributed by atoms with Crippen LogP contribution in [0.15, 0.2) is 54.6 Å². The highest BCUT2D eigenvalue weighted by atomic mass is 35.5. The molecule has 2 aliphatic heterocycles. The van der Waals surface area contributed by atoms with Crippen LogP contribution in [0.4, 0.5) is 0 Å². The second kappa shape index (κ2) is 9.63. The van der Waals surface area contributed by atoms with Crippen LogP contribution >= 0.6 is 11.6 Å². The van der Waals surface area contributed by atoms with Crippen LogP contribution in [-0.4, -0.2) is 47.3 Å². The van der Waals surface area contributed by atoms with Crippen LogP contribution in [0.1, 0.15) is 30.4 Å². The van der Waals surface area contributed by atoms with E-state index in [-0.39, 0.29) is 23.8 Å². The minimum absolute atomic E-state index is 0.0171. The highest BCUT2D eigenvalue weighted by Gasteiger charge is 2.35. The fourth-order valence-electron chi connectivity index (χ4n) is 4.31. The number of carbonyl (C=O) groups is 2. The Morgan fingerprint density at radius 3 is 2.33 bits per heavy atom. The molecular formula is C24H28ClN3O2. The van der Waals surface area contributed by atoms with Gasteiger partial charge < -0.3 is 10.2 Å². The van der Waals surface area contributed by atoms with Crippen molar-refractivity contribution in [2.24, 2.45) is 5.92 Å². The van der Waals surface area contributed by atoms with Gasteiger partial charge in [0.1, 0.15) is 0 Å².